The molecule has 0 spiro atoms. The molecule has 3 aromatic carbocycles. The number of nitrogens with one attached hydrogen (secondary N) is 1. The summed E-state index contributed by atoms with van der Waals surface area (Å²) in [5.41, 5.74) is 0.583. The van der Waals surface area contributed by atoms with Crippen molar-refractivity contribution in [1.82, 2.24) is 4.90 Å². The van der Waals surface area contributed by atoms with Crippen LogP contribution in [0.4, 0.5) is 24.5 Å². The van der Waals surface area contributed by atoms with Gasteiger partial charge in [0.25, 0.3) is 0 Å². The molecule has 0 aliphatic carbocycles. The van der Waals surface area contributed by atoms with Crippen LogP contribution < -0.4 is 10.1 Å². The number of nitrogens with zero attached hydrogens (tertiary/aromatic N) is 2. The molecule has 0 bridgehead atoms. The first kappa shape index (κ1) is 27.5. The molecule has 0 aromatic heterocycles. The van der Waals surface area contributed by atoms with Crippen LogP contribution in [-0.2, 0) is 22.2 Å². The van der Waals surface area contributed by atoms with Gasteiger partial charge in [-0.2, -0.15) is 13.2 Å². The van der Waals surface area contributed by atoms with Crippen LogP contribution in [0.5, 0.6) is 5.75 Å². The number of rotatable bonds is 7. The van der Waals surface area contributed by atoms with E-state index >= 15 is 0 Å². The van der Waals surface area contributed by atoms with Crippen molar-refractivity contribution < 1.29 is 27.5 Å². The largest absolute Gasteiger partial charge is 0.497 e. The summed E-state index contributed by atoms with van der Waals surface area (Å²) in [5, 5.41) is 2.67. The molecule has 1 N–H and O–H groups in total. The molecule has 1 fully saturated rings. The summed E-state index contributed by atoms with van der Waals surface area (Å²) in [7, 11) is 1.51. The first-order valence-corrected chi connectivity index (χ1v) is 12.8. The first-order chi connectivity index (χ1) is 18.1. The number of halogens is 4. The van der Waals surface area contributed by atoms with E-state index in [0.717, 1.165) is 29.5 Å². The number of aliphatic imine (C=N–C) groups is 1. The van der Waals surface area contributed by atoms with E-state index in [9.17, 15) is 22.8 Å². The molecule has 1 heterocycles. The van der Waals surface area contributed by atoms with Crippen molar-refractivity contribution in [3.8, 4) is 5.75 Å². The molecule has 1 atom stereocenters. The van der Waals surface area contributed by atoms with Crippen LogP contribution in [0.2, 0.25) is 5.02 Å². The highest BCUT2D eigenvalue weighted by molar-refractivity contribution is 8.15. The zero-order valence-corrected chi connectivity index (χ0v) is 21.7. The summed E-state index contributed by atoms with van der Waals surface area (Å²) in [6.07, 6.45) is -4.17. The quantitative estimate of drug-likeness (QED) is 0.354. The van der Waals surface area contributed by atoms with Gasteiger partial charge in [0.15, 0.2) is 5.17 Å². The number of amides is 2. The molecule has 38 heavy (non-hydrogen) atoms. The maximum atomic E-state index is 13.3. The maximum absolute atomic E-state index is 13.3. The van der Waals surface area contributed by atoms with Crippen molar-refractivity contribution in [2.75, 3.05) is 19.0 Å². The van der Waals surface area contributed by atoms with Crippen LogP contribution in [0.3, 0.4) is 0 Å². The molecule has 0 radical (unpaired) electrons. The van der Waals surface area contributed by atoms with Crippen LogP contribution in [0, 0.1) is 0 Å². The van der Waals surface area contributed by atoms with E-state index in [2.05, 4.69) is 10.3 Å². The highest BCUT2D eigenvalue weighted by Gasteiger charge is 2.36. The Hall–Kier alpha value is -3.50. The van der Waals surface area contributed by atoms with Gasteiger partial charge in [0.05, 0.1) is 18.4 Å². The van der Waals surface area contributed by atoms with Crippen molar-refractivity contribution in [3.05, 3.63) is 88.9 Å². The number of thioether (sulfide) groups is 1. The summed E-state index contributed by atoms with van der Waals surface area (Å²) >= 11 is 6.99. The van der Waals surface area contributed by atoms with E-state index in [1.165, 1.54) is 24.1 Å². The van der Waals surface area contributed by atoms with Crippen LogP contribution in [0.15, 0.2) is 77.8 Å². The number of carbonyl (C=O) groups is 2. The van der Waals surface area contributed by atoms with Gasteiger partial charge in [0.1, 0.15) is 11.0 Å². The van der Waals surface area contributed by atoms with Gasteiger partial charge in [0.2, 0.25) is 11.8 Å². The summed E-state index contributed by atoms with van der Waals surface area (Å²) in [5.74, 6) is -0.227. The monoisotopic (exact) mass is 561 g/mol. The van der Waals surface area contributed by atoms with Gasteiger partial charge in [-0.3, -0.25) is 14.5 Å². The minimum absolute atomic E-state index is 0.0282. The standard InChI is InChI=1S/C27H23ClF3N3O3S/c1-37-22-7-3-6-21(15-22)32-25(36)23-16-24(35)34(13-12-17-8-10-19(28)11-9-17)26(38-23)33-20-5-2-4-18(14-20)27(29,30)31/h2-11,14-15,23H,12-13,16H2,1H3,(H,32,36). The number of amidine groups is 1. The summed E-state index contributed by atoms with van der Waals surface area (Å²) in [4.78, 5) is 32.0. The third-order valence-corrected chi connectivity index (χ3v) is 7.14. The maximum Gasteiger partial charge on any atom is 0.416 e. The van der Waals surface area contributed by atoms with Gasteiger partial charge < -0.3 is 10.1 Å². The average Bonchev–Trinajstić information content (AvgIpc) is 2.89. The lowest BCUT2D eigenvalue weighted by Gasteiger charge is -2.32. The van der Waals surface area contributed by atoms with E-state index in [-0.39, 0.29) is 29.7 Å². The molecule has 0 saturated carbocycles. The Bertz CT molecular complexity index is 1350. The van der Waals surface area contributed by atoms with E-state index in [1.807, 2.05) is 12.1 Å². The Morgan fingerprint density at radius 3 is 2.58 bits per heavy atom. The Balaban J connectivity index is 1.59. The number of benzene rings is 3. The fraction of sp³-hybridized carbons (Fsp3) is 0.222. The zero-order valence-electron chi connectivity index (χ0n) is 20.2. The van der Waals surface area contributed by atoms with E-state index in [1.54, 1.807) is 36.4 Å². The zero-order chi connectivity index (χ0) is 27.3. The van der Waals surface area contributed by atoms with Gasteiger partial charge in [0, 0.05) is 29.7 Å². The average molecular weight is 562 g/mol. The number of carbonyl (C=O) groups excluding carboxylic acids is 2. The topological polar surface area (TPSA) is 71.0 Å². The number of anilines is 1. The van der Waals surface area contributed by atoms with E-state index < -0.39 is 22.9 Å². The van der Waals surface area contributed by atoms with Crippen molar-refractivity contribution >= 4 is 51.7 Å². The smallest absolute Gasteiger partial charge is 0.416 e. The lowest BCUT2D eigenvalue weighted by atomic mass is 10.1. The minimum atomic E-state index is -4.54. The third kappa shape index (κ3) is 7.08. The van der Waals surface area contributed by atoms with Crippen LogP contribution in [0.25, 0.3) is 0 Å². The normalized spacial score (nSPS) is 17.0. The predicted octanol–water partition coefficient (Wildman–Crippen LogP) is 6.57. The Kier molecular flexibility index (Phi) is 8.63. The van der Waals surface area contributed by atoms with Gasteiger partial charge in [-0.25, -0.2) is 4.99 Å². The summed E-state index contributed by atoms with van der Waals surface area (Å²) in [6, 6.07) is 18.4. The molecule has 3 aromatic rings. The van der Waals surface area contributed by atoms with Crippen LogP contribution in [0.1, 0.15) is 17.5 Å². The van der Waals surface area contributed by atoms with Crippen molar-refractivity contribution in [2.45, 2.75) is 24.3 Å². The molecule has 2 amide bonds. The Morgan fingerprint density at radius 2 is 1.87 bits per heavy atom. The van der Waals surface area contributed by atoms with E-state index in [4.69, 9.17) is 16.3 Å². The predicted molar refractivity (Wildman–Crippen MR) is 143 cm³/mol. The second kappa shape index (κ2) is 11.9. The summed E-state index contributed by atoms with van der Waals surface area (Å²) in [6.45, 7) is 0.232. The van der Waals surface area contributed by atoms with Gasteiger partial charge in [-0.1, -0.05) is 47.6 Å². The molecule has 6 nitrogen and oxygen atoms in total. The number of hydrogen-bond acceptors (Lipinski definition) is 5. The highest BCUT2D eigenvalue weighted by Crippen LogP contribution is 2.34. The molecule has 1 saturated heterocycles. The minimum Gasteiger partial charge on any atom is -0.497 e. The van der Waals surface area contributed by atoms with Gasteiger partial charge in [-0.05, 0) is 54.4 Å². The second-order valence-corrected chi connectivity index (χ2v) is 10.0. The highest BCUT2D eigenvalue weighted by atomic mass is 35.5. The molecule has 1 aliphatic rings. The molecular weight excluding hydrogens is 539 g/mol. The number of ether oxygens (including phenoxy) is 1. The fourth-order valence-electron chi connectivity index (χ4n) is 3.74. The van der Waals surface area contributed by atoms with Crippen molar-refractivity contribution in [1.29, 1.82) is 0 Å². The SMILES string of the molecule is COc1cccc(NC(=O)C2CC(=O)N(CCc3ccc(Cl)cc3)C(=Nc3cccc(C(F)(F)F)c3)S2)c1. The molecule has 4 rings (SSSR count). The molecule has 1 unspecified atom stereocenters. The lowest BCUT2D eigenvalue weighted by Crippen LogP contribution is -2.46. The molecule has 198 valence electrons. The number of methoxy groups -OCH3 is 1. The van der Waals surface area contributed by atoms with Gasteiger partial charge >= 0.3 is 6.18 Å². The Morgan fingerprint density at radius 1 is 1.13 bits per heavy atom. The number of alkyl halides is 3. The van der Waals surface area contributed by atoms with Crippen molar-refractivity contribution in [2.24, 2.45) is 4.99 Å². The number of hydrogen-bond donors (Lipinski definition) is 1. The van der Waals surface area contributed by atoms with Crippen LogP contribution in [-0.4, -0.2) is 40.8 Å². The third-order valence-electron chi connectivity index (χ3n) is 5.70. The van der Waals surface area contributed by atoms with Crippen molar-refractivity contribution in [3.63, 3.8) is 0 Å². The fourth-order valence-corrected chi connectivity index (χ4v) is 4.99. The molecule has 11 heteroatoms. The second-order valence-electron chi connectivity index (χ2n) is 8.40. The lowest BCUT2D eigenvalue weighted by molar-refractivity contribution is -0.137. The first-order valence-electron chi connectivity index (χ1n) is 11.5. The molecular formula is C27H23ClF3N3O3S. The van der Waals surface area contributed by atoms with Gasteiger partial charge in [-0.15, -0.1) is 0 Å². The Labute approximate surface area is 226 Å². The van der Waals surface area contributed by atoms with E-state index in [0.29, 0.717) is 22.9 Å². The molecule has 1 aliphatic heterocycles. The van der Waals surface area contributed by atoms with Crippen LogP contribution >= 0.6 is 23.4 Å². The summed E-state index contributed by atoms with van der Waals surface area (Å²) < 4.78 is 45.0.